The minimum Gasteiger partial charge on any atom is -0.303 e. The van der Waals surface area contributed by atoms with Crippen LogP contribution in [0.25, 0.3) is 0 Å². The number of carbonyl (C=O) groups is 1. The van der Waals surface area contributed by atoms with Crippen LogP contribution in [0.4, 0.5) is 0 Å². The molecule has 2 aromatic rings. The molecule has 0 aliphatic carbocycles. The maximum Gasteiger partial charge on any atom is 0.120 e. The summed E-state index contributed by atoms with van der Waals surface area (Å²) < 4.78 is 0. The zero-order valence-corrected chi connectivity index (χ0v) is 11.9. The lowest BCUT2D eigenvalue weighted by Crippen LogP contribution is -1.84. The van der Waals surface area contributed by atoms with Gasteiger partial charge < -0.3 is 4.79 Å². The van der Waals surface area contributed by atoms with Crippen LogP contribution in [0.1, 0.15) is 24.0 Å². The molecule has 0 unspecified atom stereocenters. The first-order valence-corrected chi connectivity index (χ1v) is 6.99. The quantitative estimate of drug-likeness (QED) is 0.423. The molecule has 104 valence electrons. The fraction of sp³-hybridized carbons (Fsp3) is 0.211. The fourth-order valence-corrected chi connectivity index (χ4v) is 1.81. The molecular weight excluding hydrogens is 244 g/mol. The summed E-state index contributed by atoms with van der Waals surface area (Å²) in [7, 11) is 0. The Kier molecular flexibility index (Phi) is 8.54. The van der Waals surface area contributed by atoms with Gasteiger partial charge in [-0.1, -0.05) is 66.7 Å². The van der Waals surface area contributed by atoms with E-state index in [1.165, 1.54) is 11.1 Å². The summed E-state index contributed by atoms with van der Waals surface area (Å²) in [5, 5.41) is 0. The van der Waals surface area contributed by atoms with Crippen molar-refractivity contribution in [1.82, 2.24) is 0 Å². The van der Waals surface area contributed by atoms with Gasteiger partial charge in [0.05, 0.1) is 0 Å². The summed E-state index contributed by atoms with van der Waals surface area (Å²) in [5.74, 6) is 0. The summed E-state index contributed by atoms with van der Waals surface area (Å²) in [5.41, 5.74) is 2.64. The van der Waals surface area contributed by atoms with Crippen LogP contribution in [0.3, 0.4) is 0 Å². The lowest BCUT2D eigenvalue weighted by Gasteiger charge is -1.96. The fourth-order valence-electron chi connectivity index (χ4n) is 1.81. The molecule has 0 amide bonds. The normalized spacial score (nSPS) is 9.20. The Hall–Kier alpha value is -2.15. The van der Waals surface area contributed by atoms with E-state index in [2.05, 4.69) is 30.8 Å². The number of rotatable bonds is 6. The maximum absolute atomic E-state index is 10.00. The van der Waals surface area contributed by atoms with E-state index in [4.69, 9.17) is 0 Å². The SMILES string of the molecule is C=CCc1ccccc1.O=CCCCc1ccccc1. The van der Waals surface area contributed by atoms with E-state index in [-0.39, 0.29) is 0 Å². The lowest BCUT2D eigenvalue weighted by molar-refractivity contribution is -0.107. The van der Waals surface area contributed by atoms with Crippen molar-refractivity contribution < 1.29 is 4.79 Å². The van der Waals surface area contributed by atoms with Crippen LogP contribution in [0.2, 0.25) is 0 Å². The van der Waals surface area contributed by atoms with Gasteiger partial charge in [0.25, 0.3) is 0 Å². The molecule has 0 heterocycles. The van der Waals surface area contributed by atoms with E-state index < -0.39 is 0 Å². The Bertz CT molecular complexity index is 474. The second-order valence-corrected chi connectivity index (χ2v) is 4.52. The molecule has 20 heavy (non-hydrogen) atoms. The van der Waals surface area contributed by atoms with Crippen molar-refractivity contribution in [3.05, 3.63) is 84.4 Å². The van der Waals surface area contributed by atoms with E-state index in [0.29, 0.717) is 6.42 Å². The number of carbonyl (C=O) groups excluding carboxylic acids is 1. The van der Waals surface area contributed by atoms with Gasteiger partial charge in [0.15, 0.2) is 0 Å². The Morgan fingerprint density at radius 1 is 0.850 bits per heavy atom. The van der Waals surface area contributed by atoms with Crippen LogP contribution in [-0.2, 0) is 17.6 Å². The predicted molar refractivity (Wildman–Crippen MR) is 85.8 cm³/mol. The molecule has 0 aliphatic heterocycles. The Morgan fingerprint density at radius 2 is 1.40 bits per heavy atom. The molecule has 0 N–H and O–H groups in total. The van der Waals surface area contributed by atoms with Crippen LogP contribution < -0.4 is 0 Å². The van der Waals surface area contributed by atoms with Gasteiger partial charge in [-0.2, -0.15) is 0 Å². The molecule has 0 aliphatic rings. The van der Waals surface area contributed by atoms with Gasteiger partial charge in [0.1, 0.15) is 6.29 Å². The monoisotopic (exact) mass is 266 g/mol. The van der Waals surface area contributed by atoms with E-state index in [1.807, 2.05) is 42.5 Å². The highest BCUT2D eigenvalue weighted by Crippen LogP contribution is 2.02. The average molecular weight is 266 g/mol. The van der Waals surface area contributed by atoms with Crippen molar-refractivity contribution >= 4 is 6.29 Å². The number of hydrogen-bond acceptors (Lipinski definition) is 1. The third-order valence-electron chi connectivity index (χ3n) is 2.85. The molecule has 0 atom stereocenters. The third kappa shape index (κ3) is 7.32. The van der Waals surface area contributed by atoms with Gasteiger partial charge >= 0.3 is 0 Å². The van der Waals surface area contributed by atoms with E-state index in [9.17, 15) is 4.79 Å². The predicted octanol–water partition coefficient (Wildman–Crippen LogP) is 4.62. The van der Waals surface area contributed by atoms with Gasteiger partial charge in [-0.25, -0.2) is 0 Å². The zero-order valence-electron chi connectivity index (χ0n) is 11.9. The van der Waals surface area contributed by atoms with Crippen molar-refractivity contribution in [1.29, 1.82) is 0 Å². The van der Waals surface area contributed by atoms with Crippen molar-refractivity contribution in [2.75, 3.05) is 0 Å². The number of allylic oxidation sites excluding steroid dienone is 1. The van der Waals surface area contributed by atoms with Crippen LogP contribution >= 0.6 is 0 Å². The average Bonchev–Trinajstić information content (AvgIpc) is 2.51. The van der Waals surface area contributed by atoms with Gasteiger partial charge in [-0.15, -0.1) is 6.58 Å². The van der Waals surface area contributed by atoms with Crippen molar-refractivity contribution in [3.8, 4) is 0 Å². The molecule has 0 bridgehead atoms. The smallest absolute Gasteiger partial charge is 0.120 e. The topological polar surface area (TPSA) is 17.1 Å². The molecule has 2 aromatic carbocycles. The lowest BCUT2D eigenvalue weighted by atomic mass is 10.1. The summed E-state index contributed by atoms with van der Waals surface area (Å²) in [6.45, 7) is 3.66. The van der Waals surface area contributed by atoms with Crippen molar-refractivity contribution in [2.24, 2.45) is 0 Å². The van der Waals surface area contributed by atoms with Crippen LogP contribution in [-0.4, -0.2) is 6.29 Å². The van der Waals surface area contributed by atoms with E-state index in [0.717, 1.165) is 25.5 Å². The van der Waals surface area contributed by atoms with E-state index in [1.54, 1.807) is 0 Å². The van der Waals surface area contributed by atoms with Crippen molar-refractivity contribution in [2.45, 2.75) is 25.7 Å². The first-order chi connectivity index (χ1) is 9.86. The van der Waals surface area contributed by atoms with Gasteiger partial charge in [0, 0.05) is 6.42 Å². The second kappa shape index (κ2) is 10.7. The first-order valence-electron chi connectivity index (χ1n) is 6.99. The molecule has 0 aromatic heterocycles. The minimum atomic E-state index is 0.675. The van der Waals surface area contributed by atoms with Crippen LogP contribution in [0.15, 0.2) is 73.3 Å². The van der Waals surface area contributed by atoms with Crippen LogP contribution in [0, 0.1) is 0 Å². The molecule has 1 nitrogen and oxygen atoms in total. The van der Waals surface area contributed by atoms with Gasteiger partial charge in [-0.3, -0.25) is 0 Å². The molecule has 0 fully saturated rings. The highest BCUT2D eigenvalue weighted by atomic mass is 16.1. The standard InChI is InChI=1S/C10H12O.C9H10/c11-9-5-4-8-10-6-2-1-3-7-10;1-2-6-9-7-4-3-5-8-9/h1-3,6-7,9H,4-5,8H2;2-5,7-8H,1,6H2. The van der Waals surface area contributed by atoms with Crippen molar-refractivity contribution in [3.63, 3.8) is 0 Å². The number of aldehydes is 1. The molecule has 2 rings (SSSR count). The summed E-state index contributed by atoms with van der Waals surface area (Å²) >= 11 is 0. The summed E-state index contributed by atoms with van der Waals surface area (Å²) in [4.78, 5) is 10.00. The zero-order chi connectivity index (χ0) is 14.5. The number of hydrogen-bond donors (Lipinski definition) is 0. The molecule has 0 saturated heterocycles. The molecule has 1 heteroatoms. The Morgan fingerprint density at radius 3 is 1.90 bits per heavy atom. The minimum absolute atomic E-state index is 0.675. The first kappa shape index (κ1) is 15.9. The van der Waals surface area contributed by atoms with Crippen LogP contribution in [0.5, 0.6) is 0 Å². The molecular formula is C19H22O. The second-order valence-electron chi connectivity index (χ2n) is 4.52. The number of benzene rings is 2. The Labute approximate surface area is 122 Å². The van der Waals surface area contributed by atoms with E-state index >= 15 is 0 Å². The Balaban J connectivity index is 0.000000204. The highest BCUT2D eigenvalue weighted by Gasteiger charge is 1.89. The molecule has 0 saturated carbocycles. The molecule has 0 radical (unpaired) electrons. The van der Waals surface area contributed by atoms with Gasteiger partial charge in [-0.05, 0) is 30.4 Å². The summed E-state index contributed by atoms with van der Waals surface area (Å²) in [6, 6.07) is 20.5. The third-order valence-corrected chi connectivity index (χ3v) is 2.85. The largest absolute Gasteiger partial charge is 0.303 e. The maximum atomic E-state index is 10.00. The summed E-state index contributed by atoms with van der Waals surface area (Å²) in [6.07, 6.45) is 6.51. The van der Waals surface area contributed by atoms with Gasteiger partial charge in [0.2, 0.25) is 0 Å². The number of aryl methyl sites for hydroxylation is 1. The molecule has 0 spiro atoms. The highest BCUT2D eigenvalue weighted by molar-refractivity contribution is 5.49. The number of unbranched alkanes of at least 4 members (excludes halogenated alkanes) is 1.